The Morgan fingerprint density at radius 3 is 0.597 bits per heavy atom. The third kappa shape index (κ3) is 78.1. The van der Waals surface area contributed by atoms with Crippen LogP contribution < -0.4 is 30.6 Å². The van der Waals surface area contributed by atoms with Crippen molar-refractivity contribution in [1.82, 2.24) is 0 Å². The van der Waals surface area contributed by atoms with Crippen molar-refractivity contribution in [2.45, 2.75) is 220 Å². The normalized spacial score (nSPS) is 10.7. The molecule has 0 saturated heterocycles. The Morgan fingerprint density at radius 1 is 0.323 bits per heavy atom. The van der Waals surface area contributed by atoms with Crippen molar-refractivity contribution in [2.75, 3.05) is 0 Å². The summed E-state index contributed by atoms with van der Waals surface area (Å²) in [6.07, 6.45) is 42.2. The Balaban J connectivity index is -0.000000233. The first kappa shape index (κ1) is 68.6. The van der Waals surface area contributed by atoms with Crippen LogP contribution in [-0.2, 0) is 34.9 Å². The van der Waals surface area contributed by atoms with Gasteiger partial charge in [-0.2, -0.15) is 0 Å². The molecular formula is C46H76O14Sn2. The number of carboxylic acid groups (broad SMARTS) is 6. The van der Waals surface area contributed by atoms with Crippen LogP contribution in [-0.4, -0.2) is 93.9 Å². The Labute approximate surface area is 401 Å². The van der Waals surface area contributed by atoms with Gasteiger partial charge in [-0.3, -0.25) is 0 Å². The molecule has 14 nitrogen and oxygen atoms in total. The fraction of sp³-hybridized carbons (Fsp3) is 0.739. The van der Waals surface area contributed by atoms with Crippen LogP contribution in [0, 0.1) is 0 Å². The zero-order chi connectivity index (χ0) is 48.1. The Bertz CT molecular complexity index is 948. The van der Waals surface area contributed by atoms with Gasteiger partial charge in [-0.25, -0.2) is 0 Å². The molecule has 0 amide bonds. The number of rotatable bonds is 36. The SMILES string of the molecule is CCCCCCCCC(CCCCCCCC)[O][Sn+3].CCCCCCCCC(CCCCCCCC)[O][Sn+3].O=C([O-])/C=C\C(=O)[O-].O=C([O-])/C=C\C(=O)[O-].O=C([O-])/C=C\C(=O)[O-]. The van der Waals surface area contributed by atoms with E-state index in [2.05, 4.69) is 27.7 Å². The van der Waals surface area contributed by atoms with Gasteiger partial charge in [0.15, 0.2) is 0 Å². The van der Waals surface area contributed by atoms with E-state index in [1.165, 1.54) is 226 Å². The van der Waals surface area contributed by atoms with Gasteiger partial charge in [0.05, 0.1) is 35.8 Å². The molecule has 0 rings (SSSR count). The molecule has 0 aromatic heterocycles. The third-order valence-corrected chi connectivity index (χ3v) is 10.8. The van der Waals surface area contributed by atoms with E-state index < -0.39 is 35.8 Å². The predicted octanol–water partition coefficient (Wildman–Crippen LogP) is 3.04. The van der Waals surface area contributed by atoms with Gasteiger partial charge < -0.3 is 59.4 Å². The minimum absolute atomic E-state index is 0.384. The predicted molar refractivity (Wildman–Crippen MR) is 231 cm³/mol. The second kappa shape index (κ2) is 58.6. The molecule has 62 heavy (non-hydrogen) atoms. The Morgan fingerprint density at radius 2 is 0.468 bits per heavy atom. The van der Waals surface area contributed by atoms with Gasteiger partial charge >= 0.3 is 272 Å². The first-order valence-corrected chi connectivity index (χ1v) is 24.9. The van der Waals surface area contributed by atoms with E-state index >= 15 is 0 Å². The molecule has 0 N–H and O–H groups in total. The summed E-state index contributed by atoms with van der Waals surface area (Å²) in [4.78, 5) is 56.5. The van der Waals surface area contributed by atoms with Crippen LogP contribution in [0.1, 0.15) is 207 Å². The summed E-state index contributed by atoms with van der Waals surface area (Å²) in [5, 5.41) is 56.5. The average Bonchev–Trinajstić information content (AvgIpc) is 3.23. The molecular weight excluding hydrogens is 1010 g/mol. The zero-order valence-corrected chi connectivity index (χ0v) is 43.8. The molecule has 16 heteroatoms. The standard InChI is InChI=1S/2C17H35O.3C4H4O4.2Sn/c2*1-3-5-7-9-11-13-15-17(18)16-14-12-10-8-6-4-2;3*5-3(6)1-2-4(7)8;;/h2*17H,3-16H2,1-2H3;3*1-2H,(H,5,6)(H,7,8);;/q2*-1;;;;2*+4/p-6/b;;3*2-1-;;. The molecule has 0 aromatic carbocycles. The quantitative estimate of drug-likeness (QED) is 0.0497. The molecule has 0 spiro atoms. The molecule has 0 atom stereocenters. The maximum atomic E-state index is 9.41. The summed E-state index contributed by atoms with van der Waals surface area (Å²) in [5.41, 5.74) is 0. The topological polar surface area (TPSA) is 259 Å². The van der Waals surface area contributed by atoms with Crippen LogP contribution in [0.3, 0.4) is 0 Å². The minimum Gasteiger partial charge on any atom is -0.545 e. The van der Waals surface area contributed by atoms with Gasteiger partial charge in [-0.05, 0) is 36.5 Å². The van der Waals surface area contributed by atoms with Crippen molar-refractivity contribution in [3.8, 4) is 0 Å². The van der Waals surface area contributed by atoms with Crippen molar-refractivity contribution in [2.24, 2.45) is 0 Å². The van der Waals surface area contributed by atoms with Crippen LogP contribution in [0.5, 0.6) is 0 Å². The molecule has 0 unspecified atom stereocenters. The van der Waals surface area contributed by atoms with E-state index in [1.54, 1.807) is 0 Å². The molecule has 0 aliphatic carbocycles. The maximum Gasteiger partial charge on any atom is 0.0643 e. The number of aliphatic carboxylic acids is 6. The third-order valence-electron chi connectivity index (χ3n) is 8.92. The molecule has 0 radical (unpaired) electrons. The molecule has 0 saturated carbocycles. The number of unbranched alkanes of at least 4 members (excludes halogenated alkanes) is 20. The molecule has 0 aliphatic heterocycles. The van der Waals surface area contributed by atoms with Gasteiger partial charge in [-0.1, -0.05) is 0 Å². The first-order chi connectivity index (χ1) is 29.6. The van der Waals surface area contributed by atoms with Crippen LogP contribution in [0.15, 0.2) is 36.5 Å². The van der Waals surface area contributed by atoms with E-state index in [1.807, 2.05) is 0 Å². The molecule has 0 aromatic rings. The average molecular weight is 1090 g/mol. The van der Waals surface area contributed by atoms with Gasteiger partial charge in [0.25, 0.3) is 0 Å². The van der Waals surface area contributed by atoms with E-state index in [4.69, 9.17) is 6.15 Å². The van der Waals surface area contributed by atoms with E-state index in [0.29, 0.717) is 48.7 Å². The molecule has 0 aliphatic rings. The zero-order valence-electron chi connectivity index (χ0n) is 38.1. The number of carboxylic acids is 6. The summed E-state index contributed by atoms with van der Waals surface area (Å²) in [7, 11) is 0. The summed E-state index contributed by atoms with van der Waals surface area (Å²) >= 11 is 2.51. The molecule has 0 bridgehead atoms. The monoisotopic (exact) mass is 1090 g/mol. The second-order valence-corrected chi connectivity index (χ2v) is 16.0. The summed E-state index contributed by atoms with van der Waals surface area (Å²) < 4.78 is 11.4. The summed E-state index contributed by atoms with van der Waals surface area (Å²) in [6.45, 7) is 9.13. The molecule has 352 valence electrons. The smallest absolute Gasteiger partial charge is 0.0643 e. The van der Waals surface area contributed by atoms with Gasteiger partial charge in [0, 0.05) is 0 Å². The number of hydrogen-bond donors (Lipinski definition) is 0. The number of carbonyl (C=O) groups excluding carboxylic acids is 6. The fourth-order valence-electron chi connectivity index (χ4n) is 5.54. The largest absolute Gasteiger partial charge is 0.545 e. The van der Waals surface area contributed by atoms with Crippen LogP contribution in [0.2, 0.25) is 0 Å². The van der Waals surface area contributed by atoms with Crippen LogP contribution >= 0.6 is 0 Å². The van der Waals surface area contributed by atoms with Gasteiger partial charge in [0.1, 0.15) is 0 Å². The first-order valence-electron chi connectivity index (χ1n) is 22.5. The fourth-order valence-corrected chi connectivity index (χ4v) is 6.89. The molecule has 0 heterocycles. The second-order valence-electron chi connectivity index (χ2n) is 14.6. The van der Waals surface area contributed by atoms with Crippen molar-refractivity contribution in [3.63, 3.8) is 0 Å². The van der Waals surface area contributed by atoms with E-state index in [-0.39, 0.29) is 0 Å². The Hall–Kier alpha value is -2.44. The van der Waals surface area contributed by atoms with E-state index in [0.717, 1.165) is 0 Å². The summed E-state index contributed by atoms with van der Waals surface area (Å²) in [6, 6.07) is 0. The van der Waals surface area contributed by atoms with Crippen molar-refractivity contribution >= 4 is 81.7 Å². The molecule has 0 fully saturated rings. The maximum absolute atomic E-state index is 9.41. The van der Waals surface area contributed by atoms with E-state index in [9.17, 15) is 59.4 Å². The van der Waals surface area contributed by atoms with Crippen molar-refractivity contribution in [3.05, 3.63) is 36.5 Å². The Kier molecular flexibility index (Phi) is 64.8. The minimum atomic E-state index is -1.55. The number of carbonyl (C=O) groups is 6. The van der Waals surface area contributed by atoms with Crippen molar-refractivity contribution in [1.29, 1.82) is 0 Å². The summed E-state index contributed by atoms with van der Waals surface area (Å²) in [5.74, 6) is -9.28. The van der Waals surface area contributed by atoms with Crippen LogP contribution in [0.25, 0.3) is 0 Å². The van der Waals surface area contributed by atoms with Gasteiger partial charge in [0.2, 0.25) is 0 Å². The van der Waals surface area contributed by atoms with Crippen molar-refractivity contribution < 1.29 is 65.6 Å². The number of hydrogen-bond acceptors (Lipinski definition) is 14. The van der Waals surface area contributed by atoms with Gasteiger partial charge in [-0.15, -0.1) is 0 Å². The van der Waals surface area contributed by atoms with Crippen LogP contribution in [0.4, 0.5) is 0 Å².